The molecule has 48 heavy (non-hydrogen) atoms. The molecule has 0 saturated heterocycles. The quantitative estimate of drug-likeness (QED) is 0.136. The van der Waals surface area contributed by atoms with Crippen LogP contribution < -0.4 is 9.80 Å². The third kappa shape index (κ3) is 5.93. The van der Waals surface area contributed by atoms with Crippen LogP contribution in [-0.2, 0) is 48.7 Å². The highest BCUT2D eigenvalue weighted by Crippen LogP contribution is 2.54. The van der Waals surface area contributed by atoms with Crippen LogP contribution >= 0.6 is 0 Å². The molecule has 1 atom stereocenters. The SMILES string of the molecule is CC1(C)C(=CC=CC=CC2=CN3CCc4ccc(S(=O)(=O)O)c(c43)C2(C)CCCCCC(=O)O)N2CCCc3ccc(S(=O)(=O)O)c1c32. The molecule has 10 nitrogen and oxygen atoms in total. The van der Waals surface area contributed by atoms with Crippen molar-refractivity contribution in [1.29, 1.82) is 0 Å². The molecule has 12 heteroatoms. The summed E-state index contributed by atoms with van der Waals surface area (Å²) < 4.78 is 70.4. The number of anilines is 2. The molecule has 0 spiro atoms. The molecule has 2 aromatic rings. The van der Waals surface area contributed by atoms with Crippen molar-refractivity contribution >= 4 is 37.6 Å². The van der Waals surface area contributed by atoms with Crippen molar-refractivity contribution in [3.8, 4) is 0 Å². The second kappa shape index (κ2) is 12.3. The molecule has 0 bridgehead atoms. The zero-order chi connectivity index (χ0) is 34.6. The van der Waals surface area contributed by atoms with Crippen molar-refractivity contribution in [2.75, 3.05) is 22.9 Å². The first-order valence-corrected chi connectivity index (χ1v) is 19.2. The van der Waals surface area contributed by atoms with Gasteiger partial charge in [-0.15, -0.1) is 0 Å². The normalized spacial score (nSPS) is 22.1. The van der Waals surface area contributed by atoms with Gasteiger partial charge in [0.2, 0.25) is 0 Å². The van der Waals surface area contributed by atoms with E-state index in [1.807, 2.05) is 51.2 Å². The number of hydrogen-bond donors (Lipinski definition) is 3. The molecule has 256 valence electrons. The highest BCUT2D eigenvalue weighted by molar-refractivity contribution is 7.86. The maximum absolute atomic E-state index is 12.7. The third-order valence-corrected chi connectivity index (χ3v) is 12.2. The first kappa shape index (κ1) is 34.2. The van der Waals surface area contributed by atoms with Crippen molar-refractivity contribution in [2.24, 2.45) is 0 Å². The smallest absolute Gasteiger partial charge is 0.303 e. The Labute approximate surface area is 282 Å². The van der Waals surface area contributed by atoms with E-state index in [1.165, 1.54) is 12.1 Å². The van der Waals surface area contributed by atoms with Gasteiger partial charge in [-0.25, -0.2) is 0 Å². The molecule has 0 saturated carbocycles. The Morgan fingerprint density at radius 2 is 1.50 bits per heavy atom. The largest absolute Gasteiger partial charge is 0.481 e. The Morgan fingerprint density at radius 1 is 0.833 bits per heavy atom. The maximum Gasteiger partial charge on any atom is 0.303 e. The molecule has 6 rings (SSSR count). The number of carboxylic acids is 1. The summed E-state index contributed by atoms with van der Waals surface area (Å²) in [6, 6.07) is 6.57. The molecule has 0 aromatic heterocycles. The molecule has 0 amide bonds. The Hall–Kier alpha value is -3.71. The van der Waals surface area contributed by atoms with Crippen molar-refractivity contribution in [1.82, 2.24) is 0 Å². The number of allylic oxidation sites excluding steroid dienone is 7. The number of rotatable bonds is 11. The lowest BCUT2D eigenvalue weighted by Crippen LogP contribution is -2.34. The Morgan fingerprint density at radius 3 is 2.17 bits per heavy atom. The lowest BCUT2D eigenvalue weighted by Gasteiger charge is -2.41. The molecule has 4 aliphatic rings. The van der Waals surface area contributed by atoms with Crippen LogP contribution in [0.5, 0.6) is 0 Å². The second-order valence-electron chi connectivity index (χ2n) is 13.8. The van der Waals surface area contributed by atoms with Crippen molar-refractivity contribution in [2.45, 2.75) is 92.8 Å². The van der Waals surface area contributed by atoms with Gasteiger partial charge in [0.1, 0.15) is 9.79 Å². The zero-order valence-electron chi connectivity index (χ0n) is 27.4. The molecule has 0 fully saturated rings. The fourth-order valence-corrected chi connectivity index (χ4v) is 9.79. The van der Waals surface area contributed by atoms with Crippen LogP contribution in [-0.4, -0.2) is 50.1 Å². The van der Waals surface area contributed by atoms with E-state index >= 15 is 0 Å². The highest BCUT2D eigenvalue weighted by Gasteiger charge is 2.46. The average molecular weight is 695 g/mol. The van der Waals surface area contributed by atoms with Gasteiger partial charge in [0.25, 0.3) is 20.2 Å². The van der Waals surface area contributed by atoms with Gasteiger partial charge in [-0.05, 0) is 67.0 Å². The molecule has 1 unspecified atom stereocenters. The van der Waals surface area contributed by atoms with E-state index in [9.17, 15) is 30.7 Å². The average Bonchev–Trinajstić information content (AvgIpc) is 3.51. The summed E-state index contributed by atoms with van der Waals surface area (Å²) in [6.45, 7) is 7.34. The van der Waals surface area contributed by atoms with E-state index in [4.69, 9.17) is 5.11 Å². The minimum Gasteiger partial charge on any atom is -0.481 e. The number of hydrogen-bond acceptors (Lipinski definition) is 7. The zero-order valence-corrected chi connectivity index (χ0v) is 29.1. The van der Waals surface area contributed by atoms with E-state index in [2.05, 4.69) is 16.0 Å². The first-order chi connectivity index (χ1) is 22.5. The van der Waals surface area contributed by atoms with Crippen LogP contribution in [0.1, 0.15) is 81.5 Å². The summed E-state index contributed by atoms with van der Waals surface area (Å²) in [6.07, 6.45) is 16.7. The minimum atomic E-state index is -4.52. The summed E-state index contributed by atoms with van der Waals surface area (Å²) in [5.41, 5.74) is 5.32. The lowest BCUT2D eigenvalue weighted by molar-refractivity contribution is -0.137. The number of aliphatic carboxylic acids is 1. The topological polar surface area (TPSA) is 153 Å². The number of unbranched alkanes of at least 4 members (excludes halogenated alkanes) is 2. The molecule has 0 aliphatic carbocycles. The van der Waals surface area contributed by atoms with Gasteiger partial charge in [0.15, 0.2) is 0 Å². The molecule has 0 radical (unpaired) electrons. The predicted molar refractivity (Wildman–Crippen MR) is 185 cm³/mol. The second-order valence-corrected chi connectivity index (χ2v) is 16.6. The summed E-state index contributed by atoms with van der Waals surface area (Å²) in [4.78, 5) is 15.1. The van der Waals surface area contributed by atoms with Gasteiger partial charge in [0, 0.05) is 64.7 Å². The monoisotopic (exact) mass is 694 g/mol. The van der Waals surface area contributed by atoms with Gasteiger partial charge in [-0.3, -0.25) is 13.9 Å². The predicted octanol–water partition coefficient (Wildman–Crippen LogP) is 6.47. The Bertz CT molecular complexity index is 2030. The Balaban J connectivity index is 1.33. The van der Waals surface area contributed by atoms with Crippen LogP contribution in [0.4, 0.5) is 11.4 Å². The molecular formula is C36H42N2O8S2. The van der Waals surface area contributed by atoms with E-state index in [0.717, 1.165) is 59.6 Å². The van der Waals surface area contributed by atoms with Crippen LogP contribution in [0.15, 0.2) is 81.9 Å². The standard InChI is InChI=1S/C36H42N2O8S2/c1-35(2)29(38-21-10-11-24-15-17-27(47(41,42)43)31(35)34(24)38)13-7-4-6-12-26-23-37-22-19-25-16-18-28(48(44,45)46)32(33(25)37)36(26,3)20-9-5-8-14-30(39)40/h4,6-7,12-13,15-18,23H,5,8-11,14,19-22H2,1-3H3,(H,39,40)(H,41,42,43)(H,44,45,46). The van der Waals surface area contributed by atoms with Crippen molar-refractivity contribution in [3.63, 3.8) is 0 Å². The van der Waals surface area contributed by atoms with Crippen molar-refractivity contribution < 1.29 is 35.8 Å². The van der Waals surface area contributed by atoms with E-state index < -0.39 is 37.0 Å². The maximum atomic E-state index is 12.7. The number of carbonyl (C=O) groups is 1. The lowest BCUT2D eigenvalue weighted by atomic mass is 9.69. The summed E-state index contributed by atoms with van der Waals surface area (Å²) in [5.74, 6) is -0.848. The van der Waals surface area contributed by atoms with Crippen LogP contribution in [0.2, 0.25) is 0 Å². The van der Waals surface area contributed by atoms with Gasteiger partial charge >= 0.3 is 5.97 Å². The Kier molecular flexibility index (Phi) is 8.76. The fraction of sp³-hybridized carbons (Fsp3) is 0.417. The third-order valence-electron chi connectivity index (χ3n) is 10.4. The molecule has 2 aromatic carbocycles. The van der Waals surface area contributed by atoms with E-state index in [-0.39, 0.29) is 16.2 Å². The number of nitrogens with zero attached hydrogens (tertiary/aromatic N) is 2. The number of benzene rings is 2. The van der Waals surface area contributed by atoms with Gasteiger partial charge in [-0.1, -0.05) is 70.0 Å². The summed E-state index contributed by atoms with van der Waals surface area (Å²) in [7, 11) is -8.95. The van der Waals surface area contributed by atoms with Gasteiger partial charge in [-0.2, -0.15) is 16.8 Å². The van der Waals surface area contributed by atoms with Crippen molar-refractivity contribution in [3.05, 3.63) is 94.4 Å². The van der Waals surface area contributed by atoms with Crippen LogP contribution in [0, 0.1) is 0 Å². The van der Waals surface area contributed by atoms with Gasteiger partial charge in [0.05, 0.1) is 0 Å². The number of carboxylic acid groups (broad SMARTS) is 1. The van der Waals surface area contributed by atoms with E-state index in [0.29, 0.717) is 43.4 Å². The fourth-order valence-electron chi connectivity index (χ4n) is 8.12. The molecule has 4 aliphatic heterocycles. The molecule has 4 heterocycles. The van der Waals surface area contributed by atoms with Gasteiger partial charge < -0.3 is 14.9 Å². The molecule has 3 N–H and O–H groups in total. The highest BCUT2D eigenvalue weighted by atomic mass is 32.2. The first-order valence-electron chi connectivity index (χ1n) is 16.4. The minimum absolute atomic E-state index is 0.0634. The summed E-state index contributed by atoms with van der Waals surface area (Å²) in [5, 5.41) is 9.08. The number of aryl methyl sites for hydroxylation is 1. The van der Waals surface area contributed by atoms with Crippen LogP contribution in [0.3, 0.4) is 0 Å². The van der Waals surface area contributed by atoms with E-state index in [1.54, 1.807) is 12.1 Å². The van der Waals surface area contributed by atoms with Crippen LogP contribution in [0.25, 0.3) is 0 Å². The summed E-state index contributed by atoms with van der Waals surface area (Å²) >= 11 is 0. The molecular weight excluding hydrogens is 653 g/mol.